The Bertz CT molecular complexity index is 1300. The number of imidazole rings is 2. The predicted molar refractivity (Wildman–Crippen MR) is 120 cm³/mol. The molecule has 0 saturated heterocycles. The summed E-state index contributed by atoms with van der Waals surface area (Å²) < 4.78 is 7.75. The average molecular weight is 415 g/mol. The molecule has 0 spiro atoms. The molecule has 0 bridgehead atoms. The van der Waals surface area contributed by atoms with Crippen LogP contribution in [0.1, 0.15) is 48.5 Å². The third kappa shape index (κ3) is 2.91. The van der Waals surface area contributed by atoms with Crippen molar-refractivity contribution in [1.82, 2.24) is 19.5 Å². The Morgan fingerprint density at radius 1 is 1.13 bits per heavy atom. The van der Waals surface area contributed by atoms with Crippen LogP contribution in [0.25, 0.3) is 33.2 Å². The van der Waals surface area contributed by atoms with Gasteiger partial charge in [0, 0.05) is 18.7 Å². The lowest BCUT2D eigenvalue weighted by atomic mass is 9.95. The molecule has 6 rings (SSSR count). The number of carbonyl (C=O) groups excluding carboxylic acids is 1. The molecule has 0 atom stereocenters. The van der Waals surface area contributed by atoms with Crippen molar-refractivity contribution in [2.75, 3.05) is 25.1 Å². The first kappa shape index (κ1) is 18.4. The quantitative estimate of drug-likeness (QED) is 0.481. The SMILES string of the molecule is CN1CCOC(=O)c2c1cc(-c1ccc3c(c1)ncn3C1CCCCC1)c1nc[nH]c21. The van der Waals surface area contributed by atoms with Gasteiger partial charge >= 0.3 is 5.97 Å². The van der Waals surface area contributed by atoms with Gasteiger partial charge < -0.3 is 19.2 Å². The number of nitrogens with zero attached hydrogens (tertiary/aromatic N) is 4. The Labute approximate surface area is 180 Å². The van der Waals surface area contributed by atoms with Crippen LogP contribution in [0.3, 0.4) is 0 Å². The van der Waals surface area contributed by atoms with E-state index >= 15 is 0 Å². The first-order valence-corrected chi connectivity index (χ1v) is 11.1. The molecule has 1 fully saturated rings. The Balaban J connectivity index is 1.50. The third-order valence-electron chi connectivity index (χ3n) is 6.81. The molecular weight excluding hydrogens is 390 g/mol. The van der Waals surface area contributed by atoms with Gasteiger partial charge in [-0.3, -0.25) is 0 Å². The van der Waals surface area contributed by atoms with Gasteiger partial charge in [-0.05, 0) is 36.6 Å². The molecule has 0 unspecified atom stereocenters. The first-order valence-electron chi connectivity index (χ1n) is 11.1. The summed E-state index contributed by atoms with van der Waals surface area (Å²) >= 11 is 0. The molecule has 1 N–H and O–H groups in total. The minimum Gasteiger partial charge on any atom is -0.460 e. The first-order chi connectivity index (χ1) is 15.2. The number of cyclic esters (lactones) is 1. The van der Waals surface area contributed by atoms with Crippen molar-refractivity contribution in [1.29, 1.82) is 0 Å². The zero-order valence-electron chi connectivity index (χ0n) is 17.6. The van der Waals surface area contributed by atoms with E-state index in [1.807, 2.05) is 13.4 Å². The van der Waals surface area contributed by atoms with Crippen LogP contribution in [0.2, 0.25) is 0 Å². The number of hydrogen-bond acceptors (Lipinski definition) is 5. The maximum Gasteiger partial charge on any atom is 0.342 e. The molecular formula is C24H25N5O2. The molecule has 2 aromatic carbocycles. The lowest BCUT2D eigenvalue weighted by Gasteiger charge is -2.23. The minimum atomic E-state index is -0.304. The number of aromatic nitrogens is 4. The second-order valence-electron chi connectivity index (χ2n) is 8.65. The number of aromatic amines is 1. The van der Waals surface area contributed by atoms with Gasteiger partial charge in [0.1, 0.15) is 12.2 Å². The molecule has 1 aliphatic heterocycles. The highest BCUT2D eigenvalue weighted by atomic mass is 16.5. The molecule has 0 amide bonds. The summed E-state index contributed by atoms with van der Waals surface area (Å²) in [6, 6.07) is 9.07. The summed E-state index contributed by atoms with van der Waals surface area (Å²) in [7, 11) is 1.99. The number of fused-ring (bicyclic) bond motifs is 4. The zero-order valence-corrected chi connectivity index (χ0v) is 17.6. The highest BCUT2D eigenvalue weighted by molar-refractivity contribution is 6.12. The molecule has 2 aromatic heterocycles. The number of esters is 1. The lowest BCUT2D eigenvalue weighted by Crippen LogP contribution is -2.20. The second kappa shape index (κ2) is 7.11. The maximum absolute atomic E-state index is 12.6. The Morgan fingerprint density at radius 2 is 2.00 bits per heavy atom. The second-order valence-corrected chi connectivity index (χ2v) is 8.65. The molecule has 7 heteroatoms. The molecule has 1 saturated carbocycles. The number of H-pyrrole nitrogens is 1. The van der Waals surface area contributed by atoms with Crippen molar-refractivity contribution < 1.29 is 9.53 Å². The van der Waals surface area contributed by atoms with E-state index in [-0.39, 0.29) is 5.97 Å². The van der Waals surface area contributed by atoms with E-state index in [1.165, 1.54) is 37.6 Å². The van der Waals surface area contributed by atoms with Crippen LogP contribution in [0.5, 0.6) is 0 Å². The van der Waals surface area contributed by atoms with Crippen molar-refractivity contribution in [2.24, 2.45) is 0 Å². The number of carbonyl (C=O) groups is 1. The molecule has 7 nitrogen and oxygen atoms in total. The summed E-state index contributed by atoms with van der Waals surface area (Å²) in [5.74, 6) is -0.304. The molecule has 31 heavy (non-hydrogen) atoms. The predicted octanol–water partition coefficient (Wildman–Crippen LogP) is 4.69. The summed E-state index contributed by atoms with van der Waals surface area (Å²) in [4.78, 5) is 27.1. The van der Waals surface area contributed by atoms with Gasteiger partial charge in [-0.25, -0.2) is 14.8 Å². The van der Waals surface area contributed by atoms with Crippen LogP contribution < -0.4 is 4.90 Å². The Hall–Kier alpha value is -3.35. The van der Waals surface area contributed by atoms with Crippen molar-refractivity contribution in [2.45, 2.75) is 38.1 Å². The fourth-order valence-electron chi connectivity index (χ4n) is 5.14. The summed E-state index contributed by atoms with van der Waals surface area (Å²) in [6.07, 6.45) is 10.0. The molecule has 158 valence electrons. The molecule has 0 radical (unpaired) electrons. The fraction of sp³-hybridized carbons (Fsp3) is 0.375. The van der Waals surface area contributed by atoms with Crippen LogP contribution in [-0.4, -0.2) is 45.7 Å². The van der Waals surface area contributed by atoms with Crippen molar-refractivity contribution in [3.05, 3.63) is 42.5 Å². The standard InChI is InChI=1S/C24H25N5O2/c1-28-9-10-31-24(30)21-20(28)12-17(22-23(21)26-13-25-22)15-7-8-19-18(11-15)27-14-29(19)16-5-3-2-4-6-16/h7-8,11-14,16H,2-6,9-10H2,1H3,(H,25,26). The highest BCUT2D eigenvalue weighted by Gasteiger charge is 2.26. The van der Waals surface area contributed by atoms with Crippen LogP contribution in [0.4, 0.5) is 5.69 Å². The Kier molecular flexibility index (Phi) is 4.23. The van der Waals surface area contributed by atoms with Gasteiger partial charge in [0.2, 0.25) is 0 Å². The van der Waals surface area contributed by atoms with E-state index in [0.717, 1.165) is 33.4 Å². The van der Waals surface area contributed by atoms with Crippen LogP contribution in [0.15, 0.2) is 36.9 Å². The maximum atomic E-state index is 12.6. The van der Waals surface area contributed by atoms with Gasteiger partial charge in [-0.1, -0.05) is 25.3 Å². The number of ether oxygens (including phenoxy) is 1. The van der Waals surface area contributed by atoms with Gasteiger partial charge in [0.15, 0.2) is 0 Å². The number of rotatable bonds is 2. The average Bonchev–Trinajstić information content (AvgIpc) is 3.42. The van der Waals surface area contributed by atoms with E-state index in [0.29, 0.717) is 24.8 Å². The van der Waals surface area contributed by atoms with Gasteiger partial charge in [0.25, 0.3) is 0 Å². The van der Waals surface area contributed by atoms with E-state index in [2.05, 4.69) is 43.7 Å². The fourth-order valence-corrected chi connectivity index (χ4v) is 5.14. The number of benzene rings is 2. The molecule has 2 aliphatic rings. The topological polar surface area (TPSA) is 76.0 Å². The summed E-state index contributed by atoms with van der Waals surface area (Å²) in [5, 5.41) is 0. The monoisotopic (exact) mass is 415 g/mol. The molecule has 1 aliphatic carbocycles. The van der Waals surface area contributed by atoms with E-state index < -0.39 is 0 Å². The normalized spacial score (nSPS) is 17.7. The van der Waals surface area contributed by atoms with Crippen LogP contribution in [0, 0.1) is 0 Å². The number of likely N-dealkylation sites (N-methyl/N-ethyl adjacent to an activating group) is 1. The Morgan fingerprint density at radius 3 is 2.87 bits per heavy atom. The molecule has 3 heterocycles. The van der Waals surface area contributed by atoms with Crippen molar-refractivity contribution in [3.63, 3.8) is 0 Å². The van der Waals surface area contributed by atoms with Gasteiger partial charge in [-0.2, -0.15) is 0 Å². The van der Waals surface area contributed by atoms with E-state index in [1.54, 1.807) is 6.33 Å². The number of nitrogens with one attached hydrogen (secondary N) is 1. The number of hydrogen-bond donors (Lipinski definition) is 1. The zero-order chi connectivity index (χ0) is 20.9. The van der Waals surface area contributed by atoms with E-state index in [4.69, 9.17) is 9.72 Å². The summed E-state index contributed by atoms with van der Waals surface area (Å²) in [5.41, 5.74) is 7.13. The van der Waals surface area contributed by atoms with Crippen molar-refractivity contribution >= 4 is 33.7 Å². The highest BCUT2D eigenvalue weighted by Crippen LogP contribution is 2.38. The largest absolute Gasteiger partial charge is 0.460 e. The summed E-state index contributed by atoms with van der Waals surface area (Å²) in [6.45, 7) is 1.03. The van der Waals surface area contributed by atoms with E-state index in [9.17, 15) is 4.79 Å². The molecule has 4 aromatic rings. The van der Waals surface area contributed by atoms with Crippen molar-refractivity contribution in [3.8, 4) is 11.1 Å². The third-order valence-corrected chi connectivity index (χ3v) is 6.81. The minimum absolute atomic E-state index is 0.304. The lowest BCUT2D eigenvalue weighted by molar-refractivity contribution is 0.0529. The van der Waals surface area contributed by atoms with Crippen LogP contribution in [-0.2, 0) is 4.74 Å². The van der Waals surface area contributed by atoms with Crippen LogP contribution >= 0.6 is 0 Å². The van der Waals surface area contributed by atoms with Gasteiger partial charge in [-0.15, -0.1) is 0 Å². The number of anilines is 1. The smallest absolute Gasteiger partial charge is 0.342 e. The van der Waals surface area contributed by atoms with Gasteiger partial charge in [0.05, 0.1) is 47.0 Å².